The van der Waals surface area contributed by atoms with Gasteiger partial charge in [-0.15, -0.1) is 0 Å². The Hall–Kier alpha value is -0.850. The van der Waals surface area contributed by atoms with Gasteiger partial charge in [-0.05, 0) is 6.92 Å². The number of carbonyl (C=O) groups excluding carboxylic acids is 1. The Morgan fingerprint density at radius 1 is 1.03 bits per heavy atom. The molecule has 0 radical (unpaired) electrons. The van der Waals surface area contributed by atoms with E-state index in [2.05, 4.69) is 0 Å². The SMILES string of the molecule is CC.COCC1OC(C)C(OC)C(OC2OCC(OC)C(OC(C)=O)C2O)C1O. The highest BCUT2D eigenvalue weighted by Gasteiger charge is 2.49. The molecule has 2 fully saturated rings. The van der Waals surface area contributed by atoms with Crippen LogP contribution in [0.15, 0.2) is 0 Å². The zero-order chi connectivity index (χ0) is 22.1. The molecule has 0 aromatic carbocycles. The third-order valence-electron chi connectivity index (χ3n) is 4.80. The van der Waals surface area contributed by atoms with Crippen molar-refractivity contribution in [3.8, 4) is 0 Å². The summed E-state index contributed by atoms with van der Waals surface area (Å²) in [5.41, 5.74) is 0. The molecule has 0 saturated carbocycles. The highest BCUT2D eigenvalue weighted by atomic mass is 16.7. The first-order valence-corrected chi connectivity index (χ1v) is 9.84. The van der Waals surface area contributed by atoms with Crippen LogP contribution in [0.2, 0.25) is 0 Å². The Morgan fingerprint density at radius 2 is 1.69 bits per heavy atom. The van der Waals surface area contributed by atoms with Crippen molar-refractivity contribution in [1.82, 2.24) is 0 Å². The van der Waals surface area contributed by atoms with E-state index in [1.807, 2.05) is 13.8 Å². The minimum Gasteiger partial charge on any atom is -0.457 e. The van der Waals surface area contributed by atoms with Gasteiger partial charge in [0.1, 0.15) is 36.6 Å². The van der Waals surface area contributed by atoms with Gasteiger partial charge in [0, 0.05) is 28.3 Å². The summed E-state index contributed by atoms with van der Waals surface area (Å²) in [6.07, 6.45) is -7.60. The first kappa shape index (κ1) is 26.2. The van der Waals surface area contributed by atoms with Gasteiger partial charge in [0.15, 0.2) is 12.4 Å². The van der Waals surface area contributed by atoms with Crippen LogP contribution in [0.5, 0.6) is 0 Å². The molecule has 10 nitrogen and oxygen atoms in total. The summed E-state index contributed by atoms with van der Waals surface area (Å²) in [7, 11) is 4.41. The Kier molecular flexibility index (Phi) is 11.5. The third-order valence-corrected chi connectivity index (χ3v) is 4.80. The highest BCUT2D eigenvalue weighted by molar-refractivity contribution is 5.66. The van der Waals surface area contributed by atoms with Crippen molar-refractivity contribution >= 4 is 5.97 Å². The Morgan fingerprint density at radius 3 is 2.21 bits per heavy atom. The van der Waals surface area contributed by atoms with Gasteiger partial charge in [0.25, 0.3) is 0 Å². The van der Waals surface area contributed by atoms with Crippen molar-refractivity contribution in [2.75, 3.05) is 34.5 Å². The lowest BCUT2D eigenvalue weighted by Gasteiger charge is -2.46. The quantitative estimate of drug-likeness (QED) is 0.535. The van der Waals surface area contributed by atoms with Crippen LogP contribution in [0.1, 0.15) is 27.7 Å². The molecule has 2 rings (SSSR count). The minimum absolute atomic E-state index is 0.0458. The van der Waals surface area contributed by atoms with Crippen LogP contribution in [0, 0.1) is 0 Å². The molecule has 9 atom stereocenters. The first-order chi connectivity index (χ1) is 13.8. The fourth-order valence-electron chi connectivity index (χ4n) is 3.46. The molecule has 2 N–H and O–H groups in total. The monoisotopic (exact) mass is 424 g/mol. The molecule has 2 saturated heterocycles. The molecule has 9 unspecified atom stereocenters. The van der Waals surface area contributed by atoms with E-state index in [0.717, 1.165) is 0 Å². The fourth-order valence-corrected chi connectivity index (χ4v) is 3.46. The summed E-state index contributed by atoms with van der Waals surface area (Å²) < 4.78 is 38.1. The molecule has 0 aliphatic carbocycles. The number of rotatable bonds is 7. The lowest BCUT2D eigenvalue weighted by Crippen LogP contribution is -2.63. The number of carbonyl (C=O) groups is 1. The Bertz CT molecular complexity index is 476. The maximum Gasteiger partial charge on any atom is 0.303 e. The lowest BCUT2D eigenvalue weighted by atomic mass is 9.95. The Balaban J connectivity index is 0.00000204. The smallest absolute Gasteiger partial charge is 0.303 e. The minimum atomic E-state index is -1.31. The molecular formula is C19H36O10. The van der Waals surface area contributed by atoms with Gasteiger partial charge in [-0.3, -0.25) is 4.79 Å². The predicted octanol–water partition coefficient (Wildman–Crippen LogP) is -0.129. The number of aliphatic hydroxyl groups excluding tert-OH is 2. The van der Waals surface area contributed by atoms with Crippen LogP contribution in [0.25, 0.3) is 0 Å². The van der Waals surface area contributed by atoms with Gasteiger partial charge in [-0.25, -0.2) is 0 Å². The summed E-state index contributed by atoms with van der Waals surface area (Å²) in [6.45, 7) is 7.24. The molecule has 29 heavy (non-hydrogen) atoms. The molecule has 0 bridgehead atoms. The van der Waals surface area contributed by atoms with Crippen LogP contribution in [-0.2, 0) is 38.0 Å². The second-order valence-electron chi connectivity index (χ2n) is 6.67. The molecule has 2 aliphatic heterocycles. The molecule has 0 aromatic heterocycles. The van der Waals surface area contributed by atoms with Gasteiger partial charge >= 0.3 is 5.97 Å². The van der Waals surface area contributed by atoms with Gasteiger partial charge in [-0.1, -0.05) is 13.8 Å². The lowest BCUT2D eigenvalue weighted by molar-refractivity contribution is -0.327. The summed E-state index contributed by atoms with van der Waals surface area (Å²) in [5.74, 6) is -0.559. The second-order valence-corrected chi connectivity index (χ2v) is 6.67. The van der Waals surface area contributed by atoms with E-state index < -0.39 is 55.0 Å². The summed E-state index contributed by atoms with van der Waals surface area (Å²) >= 11 is 0. The van der Waals surface area contributed by atoms with Gasteiger partial charge in [0.05, 0.1) is 19.3 Å². The third kappa shape index (κ3) is 6.56. The van der Waals surface area contributed by atoms with Crippen molar-refractivity contribution in [1.29, 1.82) is 0 Å². The molecule has 0 aromatic rings. The zero-order valence-corrected chi connectivity index (χ0v) is 18.3. The average molecular weight is 424 g/mol. The van der Waals surface area contributed by atoms with E-state index in [1.54, 1.807) is 6.92 Å². The number of hydrogen-bond donors (Lipinski definition) is 2. The van der Waals surface area contributed by atoms with Crippen LogP contribution in [0.4, 0.5) is 0 Å². The molecule has 0 amide bonds. The summed E-state index contributed by atoms with van der Waals surface area (Å²) in [4.78, 5) is 11.4. The van der Waals surface area contributed by atoms with Crippen molar-refractivity contribution in [3.63, 3.8) is 0 Å². The van der Waals surface area contributed by atoms with Crippen LogP contribution in [0.3, 0.4) is 0 Å². The summed E-state index contributed by atoms with van der Waals surface area (Å²) in [5, 5.41) is 21.3. The van der Waals surface area contributed by atoms with E-state index in [4.69, 9.17) is 33.2 Å². The predicted molar refractivity (Wildman–Crippen MR) is 101 cm³/mol. The second kappa shape index (κ2) is 12.8. The van der Waals surface area contributed by atoms with E-state index in [-0.39, 0.29) is 19.3 Å². The normalized spacial score (nSPS) is 40.0. The number of aliphatic hydroxyl groups is 2. The van der Waals surface area contributed by atoms with E-state index >= 15 is 0 Å². The van der Waals surface area contributed by atoms with Crippen molar-refractivity contribution in [2.24, 2.45) is 0 Å². The maximum atomic E-state index is 11.4. The standard InChI is InChI=1S/C17H30O10.C2H6/c1-8-14(23-5)16(12(19)10(25-8)6-21-3)27-17-13(20)15(26-9(2)18)11(22-4)7-24-17;1-2/h8,10-17,19-20H,6-7H2,1-5H3;1-2H3. The maximum absolute atomic E-state index is 11.4. The molecule has 2 aliphatic rings. The molecule has 10 heteroatoms. The fraction of sp³-hybridized carbons (Fsp3) is 0.947. The number of esters is 1. The van der Waals surface area contributed by atoms with Gasteiger partial charge < -0.3 is 43.4 Å². The first-order valence-electron chi connectivity index (χ1n) is 9.84. The number of ether oxygens (including phenoxy) is 7. The van der Waals surface area contributed by atoms with Crippen LogP contribution >= 0.6 is 0 Å². The van der Waals surface area contributed by atoms with Crippen molar-refractivity contribution in [2.45, 2.75) is 82.8 Å². The van der Waals surface area contributed by atoms with E-state index in [9.17, 15) is 15.0 Å². The molecule has 2 heterocycles. The van der Waals surface area contributed by atoms with Gasteiger partial charge in [0.2, 0.25) is 0 Å². The van der Waals surface area contributed by atoms with E-state index in [0.29, 0.717) is 0 Å². The Labute approximate surface area is 172 Å². The van der Waals surface area contributed by atoms with Gasteiger partial charge in [-0.2, -0.15) is 0 Å². The zero-order valence-electron chi connectivity index (χ0n) is 18.3. The highest BCUT2D eigenvalue weighted by Crippen LogP contribution is 2.30. The molecule has 172 valence electrons. The van der Waals surface area contributed by atoms with Crippen LogP contribution < -0.4 is 0 Å². The summed E-state index contributed by atoms with van der Waals surface area (Å²) in [6, 6.07) is 0. The average Bonchev–Trinajstić information content (AvgIpc) is 2.70. The topological polar surface area (TPSA) is 122 Å². The van der Waals surface area contributed by atoms with Crippen molar-refractivity contribution in [3.05, 3.63) is 0 Å². The number of hydrogen-bond acceptors (Lipinski definition) is 10. The molecule has 0 spiro atoms. The van der Waals surface area contributed by atoms with E-state index in [1.165, 1.54) is 28.3 Å². The van der Waals surface area contributed by atoms with Crippen LogP contribution in [-0.4, -0.2) is 106 Å². The number of methoxy groups -OCH3 is 3. The molecular weight excluding hydrogens is 388 g/mol. The largest absolute Gasteiger partial charge is 0.457 e. The van der Waals surface area contributed by atoms with Crippen molar-refractivity contribution < 1.29 is 48.2 Å².